The SMILES string of the molecule is OC(c1cc2cc(F)ccc2o1)c1cc(Br)ccc1I. The molecule has 0 aliphatic rings. The number of aliphatic hydroxyl groups excluding tert-OH is 1. The Bertz CT molecular complexity index is 785. The van der Waals surface area contributed by atoms with Crippen LogP contribution in [0.1, 0.15) is 17.4 Å². The van der Waals surface area contributed by atoms with E-state index in [0.717, 1.165) is 13.6 Å². The van der Waals surface area contributed by atoms with Crippen LogP contribution in [-0.4, -0.2) is 5.11 Å². The van der Waals surface area contributed by atoms with E-state index in [2.05, 4.69) is 38.5 Å². The normalized spacial score (nSPS) is 12.8. The van der Waals surface area contributed by atoms with Gasteiger partial charge in [-0.15, -0.1) is 0 Å². The Labute approximate surface area is 136 Å². The Balaban J connectivity index is 2.07. The summed E-state index contributed by atoms with van der Waals surface area (Å²) in [6, 6.07) is 11.6. The van der Waals surface area contributed by atoms with E-state index in [0.29, 0.717) is 16.7 Å². The zero-order chi connectivity index (χ0) is 14.3. The van der Waals surface area contributed by atoms with E-state index in [9.17, 15) is 9.50 Å². The molecule has 0 aliphatic heterocycles. The maximum atomic E-state index is 13.2. The van der Waals surface area contributed by atoms with Gasteiger partial charge in [0, 0.05) is 19.0 Å². The minimum atomic E-state index is -0.880. The van der Waals surface area contributed by atoms with Crippen LogP contribution in [0.3, 0.4) is 0 Å². The van der Waals surface area contributed by atoms with Crippen LogP contribution in [0.5, 0.6) is 0 Å². The van der Waals surface area contributed by atoms with Gasteiger partial charge in [-0.1, -0.05) is 15.9 Å². The van der Waals surface area contributed by atoms with Gasteiger partial charge in [0.1, 0.15) is 23.3 Å². The Morgan fingerprint density at radius 2 is 1.95 bits per heavy atom. The number of fused-ring (bicyclic) bond motifs is 1. The second-order valence-corrected chi connectivity index (χ2v) is 6.48. The highest BCUT2D eigenvalue weighted by atomic mass is 127. The minimum Gasteiger partial charge on any atom is -0.458 e. The Morgan fingerprint density at radius 1 is 1.15 bits per heavy atom. The molecular weight excluding hydrogens is 438 g/mol. The van der Waals surface area contributed by atoms with E-state index in [-0.39, 0.29) is 5.82 Å². The van der Waals surface area contributed by atoms with Crippen LogP contribution in [0.2, 0.25) is 0 Å². The molecule has 1 N–H and O–H groups in total. The van der Waals surface area contributed by atoms with Crippen LogP contribution in [0.4, 0.5) is 4.39 Å². The number of rotatable bonds is 2. The van der Waals surface area contributed by atoms with Gasteiger partial charge in [0.05, 0.1) is 0 Å². The lowest BCUT2D eigenvalue weighted by molar-refractivity contribution is 0.191. The molecule has 0 aliphatic carbocycles. The van der Waals surface area contributed by atoms with Gasteiger partial charge in [0.2, 0.25) is 0 Å². The summed E-state index contributed by atoms with van der Waals surface area (Å²) in [5.74, 6) is 0.0815. The molecule has 1 aromatic heterocycles. The van der Waals surface area contributed by atoms with Crippen LogP contribution in [0.25, 0.3) is 11.0 Å². The summed E-state index contributed by atoms with van der Waals surface area (Å²) in [5.41, 5.74) is 1.31. The zero-order valence-corrected chi connectivity index (χ0v) is 13.9. The maximum absolute atomic E-state index is 13.2. The molecule has 0 fully saturated rings. The molecule has 1 heterocycles. The van der Waals surface area contributed by atoms with Crippen LogP contribution in [-0.2, 0) is 0 Å². The lowest BCUT2D eigenvalue weighted by Crippen LogP contribution is -2.00. The predicted molar refractivity (Wildman–Crippen MR) is 87.1 cm³/mol. The third-order valence-electron chi connectivity index (χ3n) is 3.02. The molecular formula is C15H9BrFIO2. The van der Waals surface area contributed by atoms with Crippen molar-refractivity contribution >= 4 is 49.5 Å². The number of benzene rings is 2. The fraction of sp³-hybridized carbons (Fsp3) is 0.0667. The number of aliphatic hydroxyl groups is 1. The lowest BCUT2D eigenvalue weighted by Gasteiger charge is -2.10. The highest BCUT2D eigenvalue weighted by Gasteiger charge is 2.18. The van der Waals surface area contributed by atoms with Crippen LogP contribution < -0.4 is 0 Å². The van der Waals surface area contributed by atoms with E-state index in [1.807, 2.05) is 18.2 Å². The van der Waals surface area contributed by atoms with Crippen LogP contribution in [0, 0.1) is 9.39 Å². The van der Waals surface area contributed by atoms with Gasteiger partial charge in [-0.3, -0.25) is 0 Å². The molecule has 20 heavy (non-hydrogen) atoms. The summed E-state index contributed by atoms with van der Waals surface area (Å²) in [6.45, 7) is 0. The molecule has 0 saturated heterocycles. The minimum absolute atomic E-state index is 0.323. The summed E-state index contributed by atoms with van der Waals surface area (Å²) in [5, 5.41) is 11.1. The highest BCUT2D eigenvalue weighted by molar-refractivity contribution is 14.1. The summed E-state index contributed by atoms with van der Waals surface area (Å²) in [7, 11) is 0. The number of hydrogen-bond acceptors (Lipinski definition) is 2. The third-order valence-corrected chi connectivity index (χ3v) is 4.50. The fourth-order valence-corrected chi connectivity index (χ4v) is 3.06. The van der Waals surface area contributed by atoms with Crippen molar-refractivity contribution in [1.82, 2.24) is 0 Å². The van der Waals surface area contributed by atoms with Crippen molar-refractivity contribution in [2.24, 2.45) is 0 Å². The molecule has 0 saturated carbocycles. The summed E-state index contributed by atoms with van der Waals surface area (Å²) >= 11 is 5.55. The Hall–Kier alpha value is -0.920. The summed E-state index contributed by atoms with van der Waals surface area (Å²) in [4.78, 5) is 0. The van der Waals surface area contributed by atoms with Crippen molar-refractivity contribution in [3.63, 3.8) is 0 Å². The van der Waals surface area contributed by atoms with E-state index in [1.165, 1.54) is 12.1 Å². The van der Waals surface area contributed by atoms with Gasteiger partial charge in [0.25, 0.3) is 0 Å². The van der Waals surface area contributed by atoms with E-state index in [4.69, 9.17) is 4.42 Å². The van der Waals surface area contributed by atoms with Crippen LogP contribution >= 0.6 is 38.5 Å². The molecule has 3 rings (SSSR count). The van der Waals surface area contributed by atoms with Crippen molar-refractivity contribution in [2.45, 2.75) is 6.10 Å². The van der Waals surface area contributed by atoms with Gasteiger partial charge in [-0.05, 0) is 65.1 Å². The summed E-state index contributed by atoms with van der Waals surface area (Å²) in [6.07, 6.45) is -0.880. The first-order chi connectivity index (χ1) is 9.54. The first kappa shape index (κ1) is 14.0. The molecule has 2 aromatic carbocycles. The molecule has 0 bridgehead atoms. The van der Waals surface area contributed by atoms with E-state index >= 15 is 0 Å². The van der Waals surface area contributed by atoms with Gasteiger partial charge in [-0.2, -0.15) is 0 Å². The maximum Gasteiger partial charge on any atom is 0.138 e. The molecule has 0 amide bonds. The average molecular weight is 447 g/mol. The van der Waals surface area contributed by atoms with Crippen molar-refractivity contribution in [3.05, 3.63) is 67.6 Å². The molecule has 102 valence electrons. The summed E-state index contributed by atoms with van der Waals surface area (Å²) < 4.78 is 20.6. The van der Waals surface area contributed by atoms with Crippen molar-refractivity contribution < 1.29 is 13.9 Å². The Kier molecular flexibility index (Phi) is 3.83. The monoisotopic (exact) mass is 446 g/mol. The number of hydrogen-bond donors (Lipinski definition) is 1. The van der Waals surface area contributed by atoms with Gasteiger partial charge in [0.15, 0.2) is 0 Å². The zero-order valence-electron chi connectivity index (χ0n) is 10.1. The molecule has 0 radical (unpaired) electrons. The predicted octanol–water partition coefficient (Wildman–Crippen LogP) is 5.02. The molecule has 1 atom stereocenters. The van der Waals surface area contributed by atoms with Gasteiger partial charge >= 0.3 is 0 Å². The quantitative estimate of drug-likeness (QED) is 0.560. The number of furan rings is 1. The van der Waals surface area contributed by atoms with Crippen molar-refractivity contribution in [1.29, 1.82) is 0 Å². The number of halogens is 3. The highest BCUT2D eigenvalue weighted by Crippen LogP contribution is 2.32. The average Bonchev–Trinajstić information content (AvgIpc) is 2.83. The third kappa shape index (κ3) is 2.62. The standard InChI is InChI=1S/C15H9BrFIO2/c16-9-1-3-12(18)11(7-9)15(19)14-6-8-5-10(17)2-4-13(8)20-14/h1-7,15,19H. The van der Waals surface area contributed by atoms with Crippen LogP contribution in [0.15, 0.2) is 51.4 Å². The molecule has 0 spiro atoms. The first-order valence-corrected chi connectivity index (χ1v) is 7.74. The van der Waals surface area contributed by atoms with E-state index in [1.54, 1.807) is 12.1 Å². The smallest absolute Gasteiger partial charge is 0.138 e. The molecule has 1 unspecified atom stereocenters. The Morgan fingerprint density at radius 3 is 2.75 bits per heavy atom. The topological polar surface area (TPSA) is 33.4 Å². The molecule has 5 heteroatoms. The van der Waals surface area contributed by atoms with Gasteiger partial charge < -0.3 is 9.52 Å². The fourth-order valence-electron chi connectivity index (χ4n) is 2.05. The van der Waals surface area contributed by atoms with Gasteiger partial charge in [-0.25, -0.2) is 4.39 Å². The second kappa shape index (κ2) is 5.46. The largest absolute Gasteiger partial charge is 0.458 e. The van der Waals surface area contributed by atoms with Crippen molar-refractivity contribution in [3.8, 4) is 0 Å². The van der Waals surface area contributed by atoms with E-state index < -0.39 is 6.10 Å². The molecule has 2 nitrogen and oxygen atoms in total. The second-order valence-electron chi connectivity index (χ2n) is 4.40. The molecule has 3 aromatic rings. The first-order valence-electron chi connectivity index (χ1n) is 5.86. The van der Waals surface area contributed by atoms with Crippen molar-refractivity contribution in [2.75, 3.05) is 0 Å². The lowest BCUT2D eigenvalue weighted by atomic mass is 10.1.